The van der Waals surface area contributed by atoms with Crippen molar-refractivity contribution >= 4 is 21.7 Å². The van der Waals surface area contributed by atoms with Crippen LogP contribution in [0.4, 0.5) is 0 Å². The van der Waals surface area contributed by atoms with Gasteiger partial charge in [0.15, 0.2) is 5.78 Å². The van der Waals surface area contributed by atoms with Crippen molar-refractivity contribution in [3.63, 3.8) is 0 Å². The van der Waals surface area contributed by atoms with Gasteiger partial charge in [-0.2, -0.15) is 0 Å². The van der Waals surface area contributed by atoms with Crippen molar-refractivity contribution < 1.29 is 4.79 Å². The van der Waals surface area contributed by atoms with Crippen molar-refractivity contribution in [2.24, 2.45) is 0 Å². The molecular weight excluding hydrogens is 170 g/mol. The average molecular weight is 180 g/mol. The van der Waals surface area contributed by atoms with Gasteiger partial charge in [0.1, 0.15) is 0 Å². The number of ketones is 1. The van der Waals surface area contributed by atoms with Crippen LogP contribution in [0.25, 0.3) is 0 Å². The Labute approximate surface area is 57.8 Å². The van der Waals surface area contributed by atoms with Gasteiger partial charge in [0.25, 0.3) is 0 Å². The molecule has 0 unspecified atom stereocenters. The fraction of sp³-hybridized carbons (Fsp3) is 0.800. The maximum atomic E-state index is 10.6. The minimum atomic E-state index is -0.0191. The number of hydrogen-bond donors (Lipinski definition) is 1. The van der Waals surface area contributed by atoms with Crippen molar-refractivity contribution in [3.05, 3.63) is 0 Å². The van der Waals surface area contributed by atoms with Crippen LogP contribution in [0.2, 0.25) is 0 Å². The number of Topliss-reactive ketones (excluding diaryl/α,β-unsaturated/α-hetero) is 1. The summed E-state index contributed by atoms with van der Waals surface area (Å²) in [6.07, 6.45) is 0. The van der Waals surface area contributed by atoms with Crippen molar-refractivity contribution in [2.75, 3.05) is 12.4 Å². The monoisotopic (exact) mass is 179 g/mol. The Morgan fingerprint density at radius 2 is 2.38 bits per heavy atom. The molecule has 48 valence electrons. The van der Waals surface area contributed by atoms with Gasteiger partial charge in [0, 0.05) is 0 Å². The molecule has 0 spiro atoms. The zero-order valence-corrected chi connectivity index (χ0v) is 6.66. The average Bonchev–Trinajstić information content (AvgIpc) is 1.84. The Morgan fingerprint density at radius 1 is 1.88 bits per heavy atom. The summed E-state index contributed by atoms with van der Waals surface area (Å²) in [4.78, 5) is 10.6. The van der Waals surface area contributed by atoms with Crippen LogP contribution in [0.1, 0.15) is 6.92 Å². The second-order valence-corrected chi connectivity index (χ2v) is 2.17. The second kappa shape index (κ2) is 4.04. The summed E-state index contributed by atoms with van der Waals surface area (Å²) in [6.45, 7) is 1.84. The van der Waals surface area contributed by atoms with Crippen molar-refractivity contribution in [2.45, 2.75) is 13.0 Å². The molecule has 0 saturated heterocycles. The summed E-state index contributed by atoms with van der Waals surface area (Å²) in [7, 11) is 1.77. The molecule has 0 saturated carbocycles. The van der Waals surface area contributed by atoms with Crippen LogP contribution in [0.15, 0.2) is 0 Å². The predicted octanol–water partition coefficient (Wildman–Crippen LogP) is 0.558. The Morgan fingerprint density at radius 3 is 2.50 bits per heavy atom. The zero-order valence-electron chi connectivity index (χ0n) is 5.07. The Kier molecular flexibility index (Phi) is 4.09. The third kappa shape index (κ3) is 2.43. The van der Waals surface area contributed by atoms with Crippen LogP contribution in [0.5, 0.6) is 0 Å². The quantitative estimate of drug-likeness (QED) is 0.643. The number of nitrogens with one attached hydrogen (secondary N) is 1. The van der Waals surface area contributed by atoms with E-state index in [1.807, 2.05) is 6.92 Å². The van der Waals surface area contributed by atoms with E-state index in [0.717, 1.165) is 0 Å². The van der Waals surface area contributed by atoms with Crippen LogP contribution in [-0.4, -0.2) is 24.2 Å². The lowest BCUT2D eigenvalue weighted by molar-refractivity contribution is -0.117. The molecule has 0 bridgehead atoms. The molecule has 1 N–H and O–H groups in total. The number of rotatable bonds is 3. The molecule has 0 radical (unpaired) electrons. The van der Waals surface area contributed by atoms with Gasteiger partial charge in [-0.25, -0.2) is 0 Å². The minimum absolute atomic E-state index is 0.0191. The Bertz CT molecular complexity index is 84.5. The van der Waals surface area contributed by atoms with Gasteiger partial charge < -0.3 is 5.32 Å². The predicted molar refractivity (Wildman–Crippen MR) is 37.3 cm³/mol. The number of likely N-dealkylation sites (N-methyl/N-ethyl adjacent to an activating group) is 1. The molecule has 0 rings (SSSR count). The molecular formula is C5H10BrNO. The van der Waals surface area contributed by atoms with Crippen LogP contribution in [0, 0.1) is 0 Å². The van der Waals surface area contributed by atoms with E-state index in [1.165, 1.54) is 0 Å². The maximum absolute atomic E-state index is 10.6. The molecule has 0 aliphatic carbocycles. The maximum Gasteiger partial charge on any atom is 0.159 e. The number of hydrogen-bond acceptors (Lipinski definition) is 2. The summed E-state index contributed by atoms with van der Waals surface area (Å²) in [6, 6.07) is -0.0191. The second-order valence-electron chi connectivity index (χ2n) is 1.61. The highest BCUT2D eigenvalue weighted by atomic mass is 79.9. The van der Waals surface area contributed by atoms with Gasteiger partial charge in [0.2, 0.25) is 0 Å². The van der Waals surface area contributed by atoms with E-state index in [9.17, 15) is 4.79 Å². The normalized spacial score (nSPS) is 13.4. The Balaban J connectivity index is 3.46. The van der Waals surface area contributed by atoms with Crippen molar-refractivity contribution in [3.8, 4) is 0 Å². The van der Waals surface area contributed by atoms with Crippen LogP contribution >= 0.6 is 15.9 Å². The highest BCUT2D eigenvalue weighted by Gasteiger charge is 2.06. The van der Waals surface area contributed by atoms with E-state index >= 15 is 0 Å². The topological polar surface area (TPSA) is 29.1 Å². The lowest BCUT2D eigenvalue weighted by atomic mass is 10.2. The van der Waals surface area contributed by atoms with E-state index in [0.29, 0.717) is 5.33 Å². The van der Waals surface area contributed by atoms with Crippen LogP contribution < -0.4 is 5.32 Å². The van der Waals surface area contributed by atoms with Gasteiger partial charge in [0.05, 0.1) is 11.4 Å². The zero-order chi connectivity index (χ0) is 6.57. The fourth-order valence-corrected chi connectivity index (χ4v) is 0.762. The first-order chi connectivity index (χ1) is 3.72. The number of carbonyl (C=O) groups excluding carboxylic acids is 1. The smallest absolute Gasteiger partial charge is 0.159 e. The van der Waals surface area contributed by atoms with Crippen molar-refractivity contribution in [1.29, 1.82) is 0 Å². The molecule has 0 aliphatic heterocycles. The van der Waals surface area contributed by atoms with Crippen molar-refractivity contribution in [1.82, 2.24) is 5.32 Å². The molecule has 0 fully saturated rings. The molecule has 0 aromatic rings. The molecule has 2 nitrogen and oxygen atoms in total. The molecule has 0 amide bonds. The summed E-state index contributed by atoms with van der Waals surface area (Å²) in [5.74, 6) is 0.188. The summed E-state index contributed by atoms with van der Waals surface area (Å²) in [5, 5.41) is 3.28. The minimum Gasteiger partial charge on any atom is -0.311 e. The van der Waals surface area contributed by atoms with Crippen LogP contribution in [0.3, 0.4) is 0 Å². The van der Waals surface area contributed by atoms with Gasteiger partial charge >= 0.3 is 0 Å². The summed E-state index contributed by atoms with van der Waals surface area (Å²) >= 11 is 3.07. The van der Waals surface area contributed by atoms with Crippen LogP contribution in [-0.2, 0) is 4.79 Å². The first-order valence-electron chi connectivity index (χ1n) is 2.48. The van der Waals surface area contributed by atoms with Gasteiger partial charge in [-0.15, -0.1) is 0 Å². The standard InChI is InChI=1S/C5H10BrNO/c1-4(7-2)5(8)3-6/h4,7H,3H2,1-2H3/t4-/m0/s1. The number of carbonyl (C=O) groups is 1. The van der Waals surface area contributed by atoms with Gasteiger partial charge in [-0.3, -0.25) is 4.79 Å². The molecule has 0 heterocycles. The molecule has 0 aromatic heterocycles. The van der Waals surface area contributed by atoms with Gasteiger partial charge in [-0.1, -0.05) is 15.9 Å². The first kappa shape index (κ1) is 8.11. The van der Waals surface area contributed by atoms with E-state index < -0.39 is 0 Å². The SMILES string of the molecule is CN[C@@H](C)C(=O)CBr. The highest BCUT2D eigenvalue weighted by molar-refractivity contribution is 9.09. The highest BCUT2D eigenvalue weighted by Crippen LogP contribution is 1.87. The third-order valence-corrected chi connectivity index (χ3v) is 1.60. The van der Waals surface area contributed by atoms with E-state index in [-0.39, 0.29) is 11.8 Å². The van der Waals surface area contributed by atoms with E-state index in [2.05, 4.69) is 21.2 Å². The molecule has 0 aromatic carbocycles. The van der Waals surface area contributed by atoms with Gasteiger partial charge in [-0.05, 0) is 14.0 Å². The summed E-state index contributed by atoms with van der Waals surface area (Å²) < 4.78 is 0. The summed E-state index contributed by atoms with van der Waals surface area (Å²) in [5.41, 5.74) is 0. The largest absolute Gasteiger partial charge is 0.311 e. The number of halogens is 1. The lowest BCUT2D eigenvalue weighted by Gasteiger charge is -2.03. The lowest BCUT2D eigenvalue weighted by Crippen LogP contribution is -2.31. The van der Waals surface area contributed by atoms with E-state index in [4.69, 9.17) is 0 Å². The Hall–Kier alpha value is 0.110. The third-order valence-electron chi connectivity index (χ3n) is 1.05. The molecule has 3 heteroatoms. The molecule has 1 atom stereocenters. The molecule has 0 aliphatic rings. The van der Waals surface area contributed by atoms with E-state index in [1.54, 1.807) is 7.05 Å². The first-order valence-corrected chi connectivity index (χ1v) is 3.60. The molecule has 8 heavy (non-hydrogen) atoms. The fourth-order valence-electron chi connectivity index (χ4n) is 0.277. The number of alkyl halides is 1.